The summed E-state index contributed by atoms with van der Waals surface area (Å²) in [5, 5.41) is 3.55. The van der Waals surface area contributed by atoms with Crippen molar-refractivity contribution >= 4 is 60.3 Å². The van der Waals surface area contributed by atoms with Crippen LogP contribution in [0.15, 0.2) is 59.1 Å². The van der Waals surface area contributed by atoms with Gasteiger partial charge in [0.2, 0.25) is 0 Å². The molecule has 5 rings (SSSR count). The number of carbonyl (C=O) groups excluding carboxylic acids is 2. The average molecular weight is 565 g/mol. The molecule has 1 amide bonds. The molecule has 36 heavy (non-hydrogen) atoms. The van der Waals surface area contributed by atoms with Crippen LogP contribution in [0, 0.1) is 5.92 Å². The van der Waals surface area contributed by atoms with E-state index >= 15 is 0 Å². The minimum Gasteiger partial charge on any atom is -0.461 e. The second-order valence-corrected chi connectivity index (χ2v) is 10.9. The Morgan fingerprint density at radius 2 is 1.94 bits per heavy atom. The number of hydrogen-bond acceptors (Lipinski definition) is 7. The quantitative estimate of drug-likeness (QED) is 0.285. The van der Waals surface area contributed by atoms with Gasteiger partial charge in [-0.1, -0.05) is 49.4 Å². The number of nitrogens with one attached hydrogen (secondary N) is 1. The van der Waals surface area contributed by atoms with Crippen molar-refractivity contribution in [3.8, 4) is 0 Å². The Hall–Kier alpha value is -3.30. The van der Waals surface area contributed by atoms with Gasteiger partial charge in [0.05, 0.1) is 21.3 Å². The second kappa shape index (κ2) is 10.4. The zero-order valence-electron chi connectivity index (χ0n) is 20.0. The van der Waals surface area contributed by atoms with Crippen molar-refractivity contribution in [2.75, 3.05) is 23.4 Å². The molecular weight excluding hydrogens is 540 g/mol. The standard InChI is InChI=1S/C27H25BrN4O3S/c1-16(2)15-35-26(34)24-20(28)10-11-23(30-24)32-13-12-17-6-5-7-18(19(17)14-32)25(33)31-27-29-21-8-3-4-9-22(21)36-27/h3-11,16H,12-15H2,1-2H3,(H,29,31,33). The Labute approximate surface area is 221 Å². The number of nitrogens with zero attached hydrogens (tertiary/aromatic N) is 3. The number of halogens is 1. The summed E-state index contributed by atoms with van der Waals surface area (Å²) in [6.07, 6.45) is 0.766. The number of rotatable bonds is 6. The molecule has 2 aromatic carbocycles. The van der Waals surface area contributed by atoms with Crippen LogP contribution >= 0.6 is 27.3 Å². The first-order valence-electron chi connectivity index (χ1n) is 11.8. The summed E-state index contributed by atoms with van der Waals surface area (Å²) < 4.78 is 7.01. The van der Waals surface area contributed by atoms with E-state index in [9.17, 15) is 9.59 Å². The third-order valence-electron chi connectivity index (χ3n) is 5.93. The molecule has 1 aliphatic rings. The van der Waals surface area contributed by atoms with Crippen LogP contribution in [-0.4, -0.2) is 35.0 Å². The number of ether oxygens (including phenoxy) is 1. The highest BCUT2D eigenvalue weighted by Gasteiger charge is 2.25. The lowest BCUT2D eigenvalue weighted by Gasteiger charge is -2.31. The van der Waals surface area contributed by atoms with Gasteiger partial charge in [-0.25, -0.2) is 14.8 Å². The number of esters is 1. The van der Waals surface area contributed by atoms with E-state index in [0.29, 0.717) is 34.1 Å². The first-order valence-corrected chi connectivity index (χ1v) is 13.4. The molecule has 0 unspecified atom stereocenters. The number of pyridine rings is 1. The van der Waals surface area contributed by atoms with Crippen LogP contribution in [0.5, 0.6) is 0 Å². The molecule has 0 fully saturated rings. The van der Waals surface area contributed by atoms with Gasteiger partial charge < -0.3 is 9.64 Å². The predicted octanol–water partition coefficient (Wildman–Crippen LogP) is 6.08. The molecule has 0 saturated heterocycles. The van der Waals surface area contributed by atoms with Crippen LogP contribution in [0.3, 0.4) is 0 Å². The van der Waals surface area contributed by atoms with Gasteiger partial charge in [0, 0.05) is 18.7 Å². The van der Waals surface area contributed by atoms with Crippen LogP contribution < -0.4 is 10.2 Å². The van der Waals surface area contributed by atoms with Gasteiger partial charge in [-0.3, -0.25) is 10.1 Å². The van der Waals surface area contributed by atoms with Gasteiger partial charge in [0.25, 0.3) is 5.91 Å². The fourth-order valence-electron chi connectivity index (χ4n) is 4.14. The molecule has 0 aliphatic carbocycles. The van der Waals surface area contributed by atoms with E-state index in [1.165, 1.54) is 11.3 Å². The van der Waals surface area contributed by atoms with Crippen molar-refractivity contribution in [2.24, 2.45) is 5.92 Å². The van der Waals surface area contributed by atoms with Crippen LogP contribution in [0.2, 0.25) is 0 Å². The monoisotopic (exact) mass is 564 g/mol. The Morgan fingerprint density at radius 1 is 1.11 bits per heavy atom. The van der Waals surface area contributed by atoms with Gasteiger partial charge in [0.15, 0.2) is 10.8 Å². The van der Waals surface area contributed by atoms with Crippen molar-refractivity contribution in [1.82, 2.24) is 9.97 Å². The molecule has 3 heterocycles. The van der Waals surface area contributed by atoms with E-state index in [2.05, 4.69) is 42.2 Å². The topological polar surface area (TPSA) is 84.4 Å². The number of benzene rings is 2. The van der Waals surface area contributed by atoms with Crippen LogP contribution in [0.1, 0.15) is 45.8 Å². The number of fused-ring (bicyclic) bond motifs is 2. The average Bonchev–Trinajstić information content (AvgIpc) is 3.29. The van der Waals surface area contributed by atoms with Crippen molar-refractivity contribution in [3.63, 3.8) is 0 Å². The smallest absolute Gasteiger partial charge is 0.358 e. The highest BCUT2D eigenvalue weighted by Crippen LogP contribution is 2.30. The maximum absolute atomic E-state index is 13.3. The molecule has 0 radical (unpaired) electrons. The third kappa shape index (κ3) is 5.12. The Balaban J connectivity index is 1.38. The summed E-state index contributed by atoms with van der Waals surface area (Å²) in [4.78, 5) is 37.1. The predicted molar refractivity (Wildman–Crippen MR) is 146 cm³/mol. The van der Waals surface area contributed by atoms with E-state index in [0.717, 1.165) is 34.3 Å². The molecule has 0 atom stereocenters. The zero-order chi connectivity index (χ0) is 25.2. The van der Waals surface area contributed by atoms with Gasteiger partial charge in [0.1, 0.15) is 5.82 Å². The molecule has 0 bridgehead atoms. The molecule has 1 N–H and O–H groups in total. The second-order valence-electron chi connectivity index (χ2n) is 9.05. The van der Waals surface area contributed by atoms with E-state index in [1.807, 2.05) is 62.4 Å². The third-order valence-corrected chi connectivity index (χ3v) is 7.52. The number of hydrogen-bond donors (Lipinski definition) is 1. The lowest BCUT2D eigenvalue weighted by atomic mass is 9.94. The Kier molecular flexibility index (Phi) is 7.02. The zero-order valence-corrected chi connectivity index (χ0v) is 22.4. The molecule has 7 nitrogen and oxygen atoms in total. The fourth-order valence-corrected chi connectivity index (χ4v) is 5.38. The number of thiazole rings is 1. The minimum absolute atomic E-state index is 0.186. The first-order chi connectivity index (χ1) is 17.4. The molecule has 9 heteroatoms. The minimum atomic E-state index is -0.453. The molecular formula is C27H25BrN4O3S. The summed E-state index contributed by atoms with van der Waals surface area (Å²) in [6, 6.07) is 17.3. The van der Waals surface area contributed by atoms with Crippen LogP contribution in [-0.2, 0) is 17.7 Å². The lowest BCUT2D eigenvalue weighted by molar-refractivity contribution is 0.0451. The molecule has 184 valence electrons. The normalized spacial score (nSPS) is 13.1. The summed E-state index contributed by atoms with van der Waals surface area (Å²) in [5.41, 5.74) is 3.82. The highest BCUT2D eigenvalue weighted by atomic mass is 79.9. The summed E-state index contributed by atoms with van der Waals surface area (Å²) in [6.45, 7) is 5.55. The number of para-hydroxylation sites is 1. The van der Waals surface area contributed by atoms with Crippen molar-refractivity contribution in [3.05, 3.63) is 81.5 Å². The molecule has 0 saturated carbocycles. The maximum atomic E-state index is 13.3. The van der Waals surface area contributed by atoms with E-state index in [-0.39, 0.29) is 17.5 Å². The van der Waals surface area contributed by atoms with E-state index in [1.54, 1.807) is 0 Å². The number of aromatic nitrogens is 2. The lowest BCUT2D eigenvalue weighted by Crippen LogP contribution is -2.33. The van der Waals surface area contributed by atoms with E-state index < -0.39 is 5.97 Å². The number of carbonyl (C=O) groups is 2. The number of amides is 1. The molecule has 2 aromatic heterocycles. The van der Waals surface area contributed by atoms with Gasteiger partial charge in [-0.05, 0) is 69.7 Å². The van der Waals surface area contributed by atoms with Crippen LogP contribution in [0.25, 0.3) is 10.2 Å². The molecule has 4 aromatic rings. The van der Waals surface area contributed by atoms with Gasteiger partial charge >= 0.3 is 5.97 Å². The van der Waals surface area contributed by atoms with Gasteiger partial charge in [-0.15, -0.1) is 0 Å². The van der Waals surface area contributed by atoms with E-state index in [4.69, 9.17) is 4.74 Å². The number of anilines is 2. The maximum Gasteiger partial charge on any atom is 0.358 e. The summed E-state index contributed by atoms with van der Waals surface area (Å²) in [7, 11) is 0. The van der Waals surface area contributed by atoms with Gasteiger partial charge in [-0.2, -0.15) is 0 Å². The SMILES string of the molecule is CC(C)COC(=O)c1nc(N2CCc3cccc(C(=O)Nc4nc5ccccc5s4)c3C2)ccc1Br. The summed E-state index contributed by atoms with van der Waals surface area (Å²) in [5.74, 6) is 0.267. The Bertz CT molecular complexity index is 1420. The summed E-state index contributed by atoms with van der Waals surface area (Å²) >= 11 is 4.88. The largest absolute Gasteiger partial charge is 0.461 e. The van der Waals surface area contributed by atoms with Crippen molar-refractivity contribution < 1.29 is 14.3 Å². The first kappa shape index (κ1) is 24.4. The van der Waals surface area contributed by atoms with Crippen LogP contribution in [0.4, 0.5) is 10.9 Å². The molecule has 0 spiro atoms. The Morgan fingerprint density at radius 3 is 2.75 bits per heavy atom. The van der Waals surface area contributed by atoms with Crippen molar-refractivity contribution in [1.29, 1.82) is 0 Å². The highest BCUT2D eigenvalue weighted by molar-refractivity contribution is 9.10. The van der Waals surface area contributed by atoms with Crippen molar-refractivity contribution in [2.45, 2.75) is 26.8 Å². The fraction of sp³-hybridized carbons (Fsp3) is 0.259. The molecule has 1 aliphatic heterocycles.